The van der Waals surface area contributed by atoms with Gasteiger partial charge in [0, 0.05) is 12.2 Å². The predicted molar refractivity (Wildman–Crippen MR) is 88.4 cm³/mol. The first-order chi connectivity index (χ1) is 10.6. The molecule has 1 aromatic carbocycles. The van der Waals surface area contributed by atoms with Crippen molar-refractivity contribution >= 4 is 11.7 Å². The first-order valence-corrected chi connectivity index (χ1v) is 7.23. The Kier molecular flexibility index (Phi) is 5.42. The molecule has 0 radical (unpaired) electrons. The minimum Gasteiger partial charge on any atom is -0.497 e. The lowest BCUT2D eigenvalue weighted by Gasteiger charge is -2.25. The van der Waals surface area contributed by atoms with E-state index in [0.717, 1.165) is 23.4 Å². The Morgan fingerprint density at radius 1 is 1.45 bits per heavy atom. The lowest BCUT2D eigenvalue weighted by Crippen LogP contribution is -2.31. The molecule has 0 amide bonds. The second kappa shape index (κ2) is 7.50. The van der Waals surface area contributed by atoms with E-state index < -0.39 is 5.97 Å². The molecule has 4 heteroatoms. The molecule has 0 bridgehead atoms. The molecule has 22 heavy (non-hydrogen) atoms. The van der Waals surface area contributed by atoms with E-state index in [1.54, 1.807) is 7.11 Å². The van der Waals surface area contributed by atoms with Crippen molar-refractivity contribution in [1.29, 1.82) is 0 Å². The van der Waals surface area contributed by atoms with Crippen LogP contribution in [0.4, 0.5) is 5.69 Å². The van der Waals surface area contributed by atoms with E-state index in [2.05, 4.69) is 18.7 Å². The second-order valence-electron chi connectivity index (χ2n) is 5.22. The maximum atomic E-state index is 11.1. The zero-order valence-electron chi connectivity index (χ0n) is 12.7. The molecule has 1 aromatic rings. The topological polar surface area (TPSA) is 49.8 Å². The van der Waals surface area contributed by atoms with Gasteiger partial charge in [0.05, 0.1) is 7.11 Å². The number of carboxylic acid groups (broad SMARTS) is 1. The summed E-state index contributed by atoms with van der Waals surface area (Å²) in [7, 11) is 1.61. The first kappa shape index (κ1) is 15.9. The summed E-state index contributed by atoms with van der Waals surface area (Å²) in [5, 5.41) is 9.14. The van der Waals surface area contributed by atoms with Crippen LogP contribution in [0.5, 0.6) is 5.75 Å². The predicted octanol–water partition coefficient (Wildman–Crippen LogP) is 3.27. The van der Waals surface area contributed by atoms with Crippen molar-refractivity contribution in [2.24, 2.45) is 5.92 Å². The van der Waals surface area contributed by atoms with Gasteiger partial charge < -0.3 is 14.7 Å². The minimum absolute atomic E-state index is 0.0393. The monoisotopic (exact) mass is 299 g/mol. The molecule has 1 N–H and O–H groups in total. The van der Waals surface area contributed by atoms with Crippen LogP contribution in [-0.4, -0.2) is 31.3 Å². The van der Waals surface area contributed by atoms with Crippen molar-refractivity contribution in [3.63, 3.8) is 0 Å². The zero-order valence-corrected chi connectivity index (χ0v) is 12.7. The number of carboxylic acids is 1. The molecule has 0 heterocycles. The molecule has 0 aromatic heterocycles. The average Bonchev–Trinajstić information content (AvgIpc) is 2.54. The molecule has 0 saturated heterocycles. The van der Waals surface area contributed by atoms with Gasteiger partial charge in [-0.1, -0.05) is 24.3 Å². The van der Waals surface area contributed by atoms with Crippen LogP contribution in [0.25, 0.3) is 0 Å². The van der Waals surface area contributed by atoms with Crippen LogP contribution >= 0.6 is 0 Å². The van der Waals surface area contributed by atoms with Crippen molar-refractivity contribution in [1.82, 2.24) is 0 Å². The molecule has 116 valence electrons. The van der Waals surface area contributed by atoms with Crippen LogP contribution < -0.4 is 9.64 Å². The highest BCUT2D eigenvalue weighted by Crippen LogP contribution is 2.23. The lowest BCUT2D eigenvalue weighted by molar-refractivity contribution is -0.135. The van der Waals surface area contributed by atoms with Crippen molar-refractivity contribution in [3.8, 4) is 5.75 Å². The van der Waals surface area contributed by atoms with Gasteiger partial charge in [0.25, 0.3) is 0 Å². The Morgan fingerprint density at radius 2 is 2.18 bits per heavy atom. The summed E-state index contributed by atoms with van der Waals surface area (Å²) < 4.78 is 5.14. The quantitative estimate of drug-likeness (QED) is 0.785. The number of hydrogen-bond donors (Lipinski definition) is 1. The van der Waals surface area contributed by atoms with Crippen molar-refractivity contribution in [3.05, 3.63) is 60.7 Å². The van der Waals surface area contributed by atoms with Gasteiger partial charge in [0.1, 0.15) is 12.3 Å². The largest absolute Gasteiger partial charge is 0.497 e. The number of ether oxygens (including phenoxy) is 1. The minimum atomic E-state index is -0.847. The molecule has 0 spiro atoms. The molecule has 1 atom stereocenters. The van der Waals surface area contributed by atoms with Gasteiger partial charge in [0.2, 0.25) is 0 Å². The highest BCUT2D eigenvalue weighted by Gasteiger charge is 2.14. The smallest absolute Gasteiger partial charge is 0.323 e. The van der Waals surface area contributed by atoms with Crippen LogP contribution in [0, 0.1) is 5.92 Å². The van der Waals surface area contributed by atoms with E-state index in [1.807, 2.05) is 41.3 Å². The third kappa shape index (κ3) is 4.25. The van der Waals surface area contributed by atoms with E-state index in [-0.39, 0.29) is 6.54 Å². The SMILES string of the molecule is C=CC1C=CC(CN(CC(=O)O)c2ccc(OC)cc2)=CC1. The summed E-state index contributed by atoms with van der Waals surface area (Å²) in [6.07, 6.45) is 9.13. The number of benzene rings is 1. The molecule has 2 rings (SSSR count). The number of allylic oxidation sites excluding steroid dienone is 3. The third-order valence-corrected chi connectivity index (χ3v) is 3.65. The molecular formula is C18H21NO3. The first-order valence-electron chi connectivity index (χ1n) is 7.23. The molecule has 0 fully saturated rings. The maximum Gasteiger partial charge on any atom is 0.323 e. The molecule has 1 aliphatic rings. The summed E-state index contributed by atoms with van der Waals surface area (Å²) in [6, 6.07) is 7.43. The fraction of sp³-hybridized carbons (Fsp3) is 0.278. The maximum absolute atomic E-state index is 11.1. The number of anilines is 1. The number of carbonyl (C=O) groups is 1. The second-order valence-corrected chi connectivity index (χ2v) is 5.22. The van der Waals surface area contributed by atoms with Crippen LogP contribution in [0.3, 0.4) is 0 Å². The molecule has 1 unspecified atom stereocenters. The van der Waals surface area contributed by atoms with Gasteiger partial charge in [-0.3, -0.25) is 4.79 Å². The molecule has 0 saturated carbocycles. The Labute approximate surface area is 131 Å². The fourth-order valence-electron chi connectivity index (χ4n) is 2.39. The Balaban J connectivity index is 2.12. The van der Waals surface area contributed by atoms with Gasteiger partial charge in [-0.2, -0.15) is 0 Å². The summed E-state index contributed by atoms with van der Waals surface area (Å²) in [5.74, 6) is 0.280. The number of nitrogens with zero attached hydrogens (tertiary/aromatic N) is 1. The van der Waals surface area contributed by atoms with Crippen LogP contribution in [0.15, 0.2) is 60.7 Å². The molecular weight excluding hydrogens is 278 g/mol. The average molecular weight is 299 g/mol. The standard InChI is InChI=1S/C18H21NO3/c1-3-14-4-6-15(7-5-14)12-19(13-18(20)21)16-8-10-17(22-2)11-9-16/h3-4,6-11,14H,1,5,12-13H2,2H3,(H,20,21). The van der Waals surface area contributed by atoms with Gasteiger partial charge in [-0.15, -0.1) is 6.58 Å². The summed E-state index contributed by atoms with van der Waals surface area (Å²) >= 11 is 0. The van der Waals surface area contributed by atoms with Gasteiger partial charge in [-0.05, 0) is 42.2 Å². The summed E-state index contributed by atoms with van der Waals surface area (Å²) in [4.78, 5) is 13.0. The molecule has 0 aliphatic heterocycles. The van der Waals surface area contributed by atoms with E-state index >= 15 is 0 Å². The number of hydrogen-bond acceptors (Lipinski definition) is 3. The van der Waals surface area contributed by atoms with Crippen molar-refractivity contribution in [2.75, 3.05) is 25.1 Å². The Bertz CT molecular complexity index is 587. The Morgan fingerprint density at radius 3 is 2.68 bits per heavy atom. The molecule has 1 aliphatic carbocycles. The van der Waals surface area contributed by atoms with Gasteiger partial charge >= 0.3 is 5.97 Å². The summed E-state index contributed by atoms with van der Waals surface area (Å²) in [6.45, 7) is 4.32. The van der Waals surface area contributed by atoms with E-state index in [4.69, 9.17) is 9.84 Å². The fourth-order valence-corrected chi connectivity index (χ4v) is 2.39. The van der Waals surface area contributed by atoms with E-state index in [9.17, 15) is 4.79 Å². The van der Waals surface area contributed by atoms with Crippen molar-refractivity contribution < 1.29 is 14.6 Å². The lowest BCUT2D eigenvalue weighted by atomic mass is 9.96. The highest BCUT2D eigenvalue weighted by molar-refractivity contribution is 5.74. The Hall–Kier alpha value is -2.49. The van der Waals surface area contributed by atoms with Gasteiger partial charge in [0.15, 0.2) is 0 Å². The van der Waals surface area contributed by atoms with Gasteiger partial charge in [-0.25, -0.2) is 0 Å². The van der Waals surface area contributed by atoms with E-state index in [1.165, 1.54) is 0 Å². The zero-order chi connectivity index (χ0) is 15.9. The van der Waals surface area contributed by atoms with Crippen LogP contribution in [0.1, 0.15) is 6.42 Å². The number of methoxy groups -OCH3 is 1. The summed E-state index contributed by atoms with van der Waals surface area (Å²) in [5.41, 5.74) is 1.98. The van der Waals surface area contributed by atoms with E-state index in [0.29, 0.717) is 12.5 Å². The normalized spacial score (nSPS) is 16.8. The molecule has 4 nitrogen and oxygen atoms in total. The highest BCUT2D eigenvalue weighted by atomic mass is 16.5. The number of aliphatic carboxylic acids is 1. The van der Waals surface area contributed by atoms with Crippen molar-refractivity contribution in [2.45, 2.75) is 6.42 Å². The van der Waals surface area contributed by atoms with Crippen LogP contribution in [0.2, 0.25) is 0 Å². The third-order valence-electron chi connectivity index (χ3n) is 3.65. The van der Waals surface area contributed by atoms with Crippen LogP contribution in [-0.2, 0) is 4.79 Å². The number of rotatable bonds is 7.